The minimum Gasteiger partial charge on any atom is -0.408 e. The molecule has 0 saturated heterocycles. The summed E-state index contributed by atoms with van der Waals surface area (Å²) in [5.41, 5.74) is 2.69. The summed E-state index contributed by atoms with van der Waals surface area (Å²) in [5, 5.41) is 11.5. The van der Waals surface area contributed by atoms with Gasteiger partial charge in [0.25, 0.3) is 0 Å². The first-order valence-electron chi connectivity index (χ1n) is 8.85. The van der Waals surface area contributed by atoms with Crippen molar-refractivity contribution in [3.63, 3.8) is 0 Å². The summed E-state index contributed by atoms with van der Waals surface area (Å²) in [6, 6.07) is 9.73. The van der Waals surface area contributed by atoms with Crippen LogP contribution in [0.4, 0.5) is 6.01 Å². The molecule has 0 amide bonds. The van der Waals surface area contributed by atoms with E-state index >= 15 is 0 Å². The quantitative estimate of drug-likeness (QED) is 0.797. The highest BCUT2D eigenvalue weighted by Crippen LogP contribution is 2.39. The van der Waals surface area contributed by atoms with Gasteiger partial charge in [-0.05, 0) is 50.4 Å². The Balaban J connectivity index is 1.62. The van der Waals surface area contributed by atoms with Crippen LogP contribution in [0.2, 0.25) is 0 Å². The molecule has 130 valence electrons. The lowest BCUT2D eigenvalue weighted by Gasteiger charge is -2.25. The van der Waals surface area contributed by atoms with Crippen LogP contribution >= 0.6 is 0 Å². The Morgan fingerprint density at radius 2 is 1.88 bits per heavy atom. The Hall–Kier alpha value is -1.88. The second kappa shape index (κ2) is 7.34. The summed E-state index contributed by atoms with van der Waals surface area (Å²) in [7, 11) is 4.19. The summed E-state index contributed by atoms with van der Waals surface area (Å²) in [5.74, 6) is 1.95. The second-order valence-corrected chi connectivity index (χ2v) is 7.42. The normalized spacial score (nSPS) is 15.9. The summed E-state index contributed by atoms with van der Waals surface area (Å²) in [6.45, 7) is 5.24. The number of nitrogens with one attached hydrogen (secondary N) is 1. The molecule has 1 aliphatic carbocycles. The van der Waals surface area contributed by atoms with Crippen molar-refractivity contribution in [1.29, 1.82) is 0 Å². The molecule has 0 spiro atoms. The number of hydrogen-bond acceptors (Lipinski definition) is 5. The van der Waals surface area contributed by atoms with Crippen LogP contribution in [-0.4, -0.2) is 35.7 Å². The third-order valence-electron chi connectivity index (χ3n) is 4.45. The van der Waals surface area contributed by atoms with Gasteiger partial charge in [0.1, 0.15) is 0 Å². The summed E-state index contributed by atoms with van der Waals surface area (Å²) >= 11 is 0. The predicted molar refractivity (Wildman–Crippen MR) is 96.2 cm³/mol. The zero-order valence-corrected chi connectivity index (χ0v) is 15.1. The number of rotatable bonds is 8. The minimum atomic E-state index is 0.259. The summed E-state index contributed by atoms with van der Waals surface area (Å²) < 4.78 is 5.68. The van der Waals surface area contributed by atoms with Gasteiger partial charge in [-0.3, -0.25) is 0 Å². The molecule has 5 heteroatoms. The molecule has 1 N–H and O–H groups in total. The van der Waals surface area contributed by atoms with Gasteiger partial charge in [-0.2, -0.15) is 0 Å². The van der Waals surface area contributed by atoms with Crippen molar-refractivity contribution >= 4 is 6.01 Å². The minimum absolute atomic E-state index is 0.259. The first kappa shape index (κ1) is 17.0. The molecule has 1 unspecified atom stereocenters. The van der Waals surface area contributed by atoms with Crippen molar-refractivity contribution in [1.82, 2.24) is 15.1 Å². The molecule has 0 bridgehead atoms. The van der Waals surface area contributed by atoms with Crippen molar-refractivity contribution in [3.05, 3.63) is 41.3 Å². The number of aromatic nitrogens is 2. The number of anilines is 1. The summed E-state index contributed by atoms with van der Waals surface area (Å²) in [6.07, 6.45) is 3.46. The Kier molecular flexibility index (Phi) is 5.19. The number of likely N-dealkylation sites (N-methyl/N-ethyl adjacent to an activating group) is 1. The van der Waals surface area contributed by atoms with E-state index in [-0.39, 0.29) is 6.04 Å². The van der Waals surface area contributed by atoms with E-state index in [0.717, 1.165) is 18.9 Å². The maximum absolute atomic E-state index is 5.68. The molecule has 1 fully saturated rings. The van der Waals surface area contributed by atoms with Gasteiger partial charge in [0.05, 0.1) is 6.04 Å². The fourth-order valence-electron chi connectivity index (χ4n) is 2.93. The van der Waals surface area contributed by atoms with Gasteiger partial charge >= 0.3 is 6.01 Å². The summed E-state index contributed by atoms with van der Waals surface area (Å²) in [4.78, 5) is 2.21. The number of hydrogen-bond donors (Lipinski definition) is 1. The average molecular weight is 328 g/mol. The van der Waals surface area contributed by atoms with Crippen LogP contribution in [0.3, 0.4) is 0 Å². The van der Waals surface area contributed by atoms with Gasteiger partial charge in [-0.25, -0.2) is 0 Å². The molecular weight excluding hydrogens is 300 g/mol. The van der Waals surface area contributed by atoms with Crippen LogP contribution in [0, 0.1) is 5.92 Å². The van der Waals surface area contributed by atoms with Gasteiger partial charge in [0.2, 0.25) is 5.89 Å². The molecular formula is C19H28N4O. The van der Waals surface area contributed by atoms with Crippen LogP contribution in [-0.2, 0) is 6.42 Å². The Bertz CT molecular complexity index is 644. The zero-order valence-electron chi connectivity index (χ0n) is 15.1. The fraction of sp³-hybridized carbons (Fsp3) is 0.579. The lowest BCUT2D eigenvalue weighted by Crippen LogP contribution is -2.27. The van der Waals surface area contributed by atoms with Gasteiger partial charge in [-0.1, -0.05) is 43.2 Å². The van der Waals surface area contributed by atoms with Gasteiger partial charge < -0.3 is 14.6 Å². The van der Waals surface area contributed by atoms with Crippen LogP contribution in [0.1, 0.15) is 55.7 Å². The Morgan fingerprint density at radius 3 is 2.46 bits per heavy atom. The topological polar surface area (TPSA) is 54.2 Å². The van der Waals surface area contributed by atoms with Gasteiger partial charge in [0.15, 0.2) is 0 Å². The maximum Gasteiger partial charge on any atom is 0.315 e. The third kappa shape index (κ3) is 4.35. The number of benzene rings is 1. The smallest absolute Gasteiger partial charge is 0.315 e. The molecule has 1 aromatic carbocycles. The van der Waals surface area contributed by atoms with E-state index < -0.39 is 0 Å². The molecule has 1 heterocycles. The van der Waals surface area contributed by atoms with Crippen LogP contribution in [0.5, 0.6) is 0 Å². The number of nitrogens with zero attached hydrogens (tertiary/aromatic N) is 3. The van der Waals surface area contributed by atoms with E-state index in [2.05, 4.69) is 72.6 Å². The van der Waals surface area contributed by atoms with E-state index in [9.17, 15) is 0 Å². The first-order chi connectivity index (χ1) is 11.5. The second-order valence-electron chi connectivity index (χ2n) is 7.42. The zero-order chi connectivity index (χ0) is 17.1. The average Bonchev–Trinajstić information content (AvgIpc) is 3.28. The highest BCUT2D eigenvalue weighted by atomic mass is 16.4. The van der Waals surface area contributed by atoms with E-state index in [1.165, 1.54) is 24.0 Å². The van der Waals surface area contributed by atoms with Crippen molar-refractivity contribution in [2.24, 2.45) is 5.92 Å². The van der Waals surface area contributed by atoms with E-state index in [1.54, 1.807) is 0 Å². The van der Waals surface area contributed by atoms with Crippen molar-refractivity contribution in [2.45, 2.75) is 45.1 Å². The van der Waals surface area contributed by atoms with E-state index in [4.69, 9.17) is 4.42 Å². The molecule has 1 saturated carbocycles. The molecule has 1 atom stereocenters. The molecule has 2 aromatic rings. The maximum atomic E-state index is 5.68. The molecule has 1 aliphatic rings. The molecule has 3 rings (SSSR count). The molecule has 0 radical (unpaired) electrons. The van der Waals surface area contributed by atoms with E-state index in [0.29, 0.717) is 17.9 Å². The van der Waals surface area contributed by atoms with Crippen molar-refractivity contribution in [3.8, 4) is 0 Å². The standard InChI is InChI=1S/C19H28N4O/c1-13(2)11-14-5-7-15(8-6-14)17(23(3)4)12-20-19-22-21-18(24-19)16-9-10-16/h5-8,13,16-17H,9-12H2,1-4H3,(H,20,22). The first-order valence-corrected chi connectivity index (χ1v) is 8.85. The molecule has 1 aromatic heterocycles. The van der Waals surface area contributed by atoms with E-state index in [1.807, 2.05) is 0 Å². The monoisotopic (exact) mass is 328 g/mol. The lowest BCUT2D eigenvalue weighted by molar-refractivity contribution is 0.310. The van der Waals surface area contributed by atoms with Crippen molar-refractivity contribution in [2.75, 3.05) is 26.0 Å². The van der Waals surface area contributed by atoms with Crippen molar-refractivity contribution < 1.29 is 4.42 Å². The third-order valence-corrected chi connectivity index (χ3v) is 4.45. The SMILES string of the molecule is CC(C)Cc1ccc(C(CNc2nnc(C3CC3)o2)N(C)C)cc1. The van der Waals surface area contributed by atoms with Crippen LogP contribution in [0.15, 0.2) is 28.7 Å². The van der Waals surface area contributed by atoms with Crippen LogP contribution < -0.4 is 5.32 Å². The Morgan fingerprint density at radius 1 is 1.17 bits per heavy atom. The van der Waals surface area contributed by atoms with Gasteiger partial charge in [-0.15, -0.1) is 5.10 Å². The Labute approximate surface area is 144 Å². The molecule has 5 nitrogen and oxygen atoms in total. The fourth-order valence-corrected chi connectivity index (χ4v) is 2.93. The molecule has 0 aliphatic heterocycles. The predicted octanol–water partition coefficient (Wildman–Crippen LogP) is 3.86. The van der Waals surface area contributed by atoms with Gasteiger partial charge in [0, 0.05) is 12.5 Å². The lowest BCUT2D eigenvalue weighted by atomic mass is 9.99. The van der Waals surface area contributed by atoms with Crippen LogP contribution in [0.25, 0.3) is 0 Å². The highest BCUT2D eigenvalue weighted by Gasteiger charge is 2.29. The highest BCUT2D eigenvalue weighted by molar-refractivity contribution is 5.28. The molecule has 24 heavy (non-hydrogen) atoms. The largest absolute Gasteiger partial charge is 0.408 e.